The van der Waals surface area contributed by atoms with Crippen LogP contribution in [0.5, 0.6) is 0 Å². The predicted molar refractivity (Wildman–Crippen MR) is 77.7 cm³/mol. The van der Waals surface area contributed by atoms with Gasteiger partial charge in [-0.25, -0.2) is 0 Å². The average Bonchev–Trinajstić information content (AvgIpc) is 2.88. The molecule has 0 spiro atoms. The van der Waals surface area contributed by atoms with Crippen LogP contribution in [0.25, 0.3) is 0 Å². The Balaban J connectivity index is 2.30. The minimum atomic E-state index is 0.122. The standard InChI is InChI=1S/C15H18BrNO/c1-3-8-17-15(14-5-4-9-18-14)12-7-6-11(2)13(16)10-12/h4-7,9-10,15,17H,3,8H2,1-2H3. The molecule has 0 aliphatic carbocycles. The van der Waals surface area contributed by atoms with Crippen molar-refractivity contribution in [1.82, 2.24) is 5.32 Å². The molecule has 1 unspecified atom stereocenters. The molecule has 0 saturated heterocycles. The molecule has 2 nitrogen and oxygen atoms in total. The van der Waals surface area contributed by atoms with E-state index >= 15 is 0 Å². The van der Waals surface area contributed by atoms with Gasteiger partial charge in [0.2, 0.25) is 0 Å². The van der Waals surface area contributed by atoms with Crippen molar-refractivity contribution >= 4 is 15.9 Å². The molecule has 2 aromatic rings. The highest BCUT2D eigenvalue weighted by Crippen LogP contribution is 2.26. The van der Waals surface area contributed by atoms with Gasteiger partial charge in [0.05, 0.1) is 12.3 Å². The number of halogens is 1. The predicted octanol–water partition coefficient (Wildman–Crippen LogP) is 4.44. The second-order valence-electron chi connectivity index (χ2n) is 4.41. The van der Waals surface area contributed by atoms with Crippen LogP contribution in [0.2, 0.25) is 0 Å². The quantitative estimate of drug-likeness (QED) is 0.883. The summed E-state index contributed by atoms with van der Waals surface area (Å²) in [6.45, 7) is 5.23. The van der Waals surface area contributed by atoms with Crippen LogP contribution < -0.4 is 5.32 Å². The lowest BCUT2D eigenvalue weighted by molar-refractivity contribution is 0.446. The van der Waals surface area contributed by atoms with Crippen LogP contribution in [0.15, 0.2) is 45.5 Å². The minimum Gasteiger partial charge on any atom is -0.467 e. The zero-order chi connectivity index (χ0) is 13.0. The van der Waals surface area contributed by atoms with Crippen LogP contribution in [-0.4, -0.2) is 6.54 Å². The Morgan fingerprint density at radius 1 is 1.33 bits per heavy atom. The maximum Gasteiger partial charge on any atom is 0.125 e. The van der Waals surface area contributed by atoms with Gasteiger partial charge in [0.1, 0.15) is 5.76 Å². The highest BCUT2D eigenvalue weighted by atomic mass is 79.9. The summed E-state index contributed by atoms with van der Waals surface area (Å²) >= 11 is 3.59. The van der Waals surface area contributed by atoms with Gasteiger partial charge in [-0.2, -0.15) is 0 Å². The first-order chi connectivity index (χ1) is 8.72. The van der Waals surface area contributed by atoms with Crippen LogP contribution in [0.3, 0.4) is 0 Å². The Bertz CT molecular complexity index is 493. The monoisotopic (exact) mass is 307 g/mol. The van der Waals surface area contributed by atoms with E-state index in [1.165, 1.54) is 11.1 Å². The number of furan rings is 1. The summed E-state index contributed by atoms with van der Waals surface area (Å²) in [4.78, 5) is 0. The molecule has 1 N–H and O–H groups in total. The smallest absolute Gasteiger partial charge is 0.125 e. The Morgan fingerprint density at radius 3 is 2.78 bits per heavy atom. The molecule has 2 rings (SSSR count). The van der Waals surface area contributed by atoms with Crippen LogP contribution in [0.4, 0.5) is 0 Å². The van der Waals surface area contributed by atoms with Crippen LogP contribution in [-0.2, 0) is 0 Å². The fourth-order valence-electron chi connectivity index (χ4n) is 1.92. The van der Waals surface area contributed by atoms with Crippen molar-refractivity contribution in [2.75, 3.05) is 6.54 Å². The molecular weight excluding hydrogens is 290 g/mol. The van der Waals surface area contributed by atoms with Gasteiger partial charge in [-0.05, 0) is 49.2 Å². The van der Waals surface area contributed by atoms with E-state index in [4.69, 9.17) is 4.42 Å². The summed E-state index contributed by atoms with van der Waals surface area (Å²) in [5, 5.41) is 3.52. The van der Waals surface area contributed by atoms with E-state index in [0.29, 0.717) is 0 Å². The van der Waals surface area contributed by atoms with E-state index in [2.05, 4.69) is 53.3 Å². The maximum atomic E-state index is 5.54. The SMILES string of the molecule is CCCNC(c1ccc(C)c(Br)c1)c1ccco1. The fraction of sp³-hybridized carbons (Fsp3) is 0.333. The van der Waals surface area contributed by atoms with Crippen molar-refractivity contribution in [3.63, 3.8) is 0 Å². The highest BCUT2D eigenvalue weighted by Gasteiger charge is 2.16. The highest BCUT2D eigenvalue weighted by molar-refractivity contribution is 9.10. The van der Waals surface area contributed by atoms with E-state index in [1.54, 1.807) is 6.26 Å². The first-order valence-corrected chi connectivity index (χ1v) is 7.04. The van der Waals surface area contributed by atoms with Gasteiger partial charge in [-0.15, -0.1) is 0 Å². The summed E-state index contributed by atoms with van der Waals surface area (Å²) in [6.07, 6.45) is 2.82. The molecule has 0 amide bonds. The third-order valence-electron chi connectivity index (χ3n) is 2.96. The molecule has 0 fully saturated rings. The first kappa shape index (κ1) is 13.4. The Labute approximate surface area is 117 Å². The molecule has 1 atom stereocenters. The number of hydrogen-bond donors (Lipinski definition) is 1. The van der Waals surface area contributed by atoms with E-state index in [9.17, 15) is 0 Å². The topological polar surface area (TPSA) is 25.2 Å². The minimum absolute atomic E-state index is 0.122. The Hall–Kier alpha value is -1.06. The number of aryl methyl sites for hydroxylation is 1. The maximum absolute atomic E-state index is 5.54. The van der Waals surface area contributed by atoms with Crippen molar-refractivity contribution in [2.45, 2.75) is 26.3 Å². The third kappa shape index (κ3) is 3.03. The van der Waals surface area contributed by atoms with Crippen LogP contribution in [0.1, 0.15) is 36.3 Å². The van der Waals surface area contributed by atoms with Gasteiger partial charge >= 0.3 is 0 Å². The molecule has 0 bridgehead atoms. The molecule has 18 heavy (non-hydrogen) atoms. The summed E-state index contributed by atoms with van der Waals surface area (Å²) in [7, 11) is 0. The van der Waals surface area contributed by atoms with Crippen molar-refractivity contribution in [1.29, 1.82) is 0 Å². The normalized spacial score (nSPS) is 12.6. The summed E-state index contributed by atoms with van der Waals surface area (Å²) in [5.41, 5.74) is 2.46. The lowest BCUT2D eigenvalue weighted by Gasteiger charge is -2.17. The number of rotatable bonds is 5. The van der Waals surface area contributed by atoms with E-state index in [1.807, 2.05) is 12.1 Å². The Kier molecular flexibility index (Phi) is 4.61. The lowest BCUT2D eigenvalue weighted by atomic mass is 10.0. The van der Waals surface area contributed by atoms with Crippen molar-refractivity contribution < 1.29 is 4.42 Å². The first-order valence-electron chi connectivity index (χ1n) is 6.25. The molecule has 96 valence electrons. The van der Waals surface area contributed by atoms with Gasteiger partial charge in [-0.1, -0.05) is 35.0 Å². The van der Waals surface area contributed by atoms with Crippen molar-refractivity contribution in [2.24, 2.45) is 0 Å². The molecule has 1 aromatic carbocycles. The van der Waals surface area contributed by atoms with Gasteiger partial charge in [0, 0.05) is 4.47 Å². The summed E-state index contributed by atoms with van der Waals surface area (Å²) < 4.78 is 6.67. The summed E-state index contributed by atoms with van der Waals surface area (Å²) in [5.74, 6) is 0.958. The molecule has 0 aliphatic heterocycles. The van der Waals surface area contributed by atoms with Crippen LogP contribution >= 0.6 is 15.9 Å². The largest absolute Gasteiger partial charge is 0.467 e. The van der Waals surface area contributed by atoms with Gasteiger partial charge in [-0.3, -0.25) is 0 Å². The zero-order valence-electron chi connectivity index (χ0n) is 10.7. The van der Waals surface area contributed by atoms with E-state index < -0.39 is 0 Å². The molecule has 1 aromatic heterocycles. The second-order valence-corrected chi connectivity index (χ2v) is 5.27. The van der Waals surface area contributed by atoms with Crippen molar-refractivity contribution in [3.05, 3.63) is 58.0 Å². The lowest BCUT2D eigenvalue weighted by Crippen LogP contribution is -2.22. The van der Waals surface area contributed by atoms with Crippen molar-refractivity contribution in [3.8, 4) is 0 Å². The van der Waals surface area contributed by atoms with E-state index in [0.717, 1.165) is 23.2 Å². The molecular formula is C15H18BrNO. The van der Waals surface area contributed by atoms with Gasteiger partial charge in [0.25, 0.3) is 0 Å². The number of hydrogen-bond acceptors (Lipinski definition) is 2. The zero-order valence-corrected chi connectivity index (χ0v) is 12.3. The molecule has 0 radical (unpaired) electrons. The van der Waals surface area contributed by atoms with Gasteiger partial charge in [0.15, 0.2) is 0 Å². The average molecular weight is 308 g/mol. The van der Waals surface area contributed by atoms with E-state index in [-0.39, 0.29) is 6.04 Å². The molecule has 0 aliphatic rings. The van der Waals surface area contributed by atoms with Gasteiger partial charge < -0.3 is 9.73 Å². The Morgan fingerprint density at radius 2 is 2.17 bits per heavy atom. The number of benzene rings is 1. The molecule has 3 heteroatoms. The second kappa shape index (κ2) is 6.21. The third-order valence-corrected chi connectivity index (χ3v) is 3.81. The molecule has 1 heterocycles. The van der Waals surface area contributed by atoms with Crippen LogP contribution in [0, 0.1) is 6.92 Å². The fourth-order valence-corrected chi connectivity index (χ4v) is 2.31. The summed E-state index contributed by atoms with van der Waals surface area (Å²) in [6, 6.07) is 10.5. The molecule has 0 saturated carbocycles. The number of nitrogens with one attached hydrogen (secondary N) is 1.